The third-order valence-electron chi connectivity index (χ3n) is 6.91. The Hall–Kier alpha value is -4.44. The van der Waals surface area contributed by atoms with E-state index in [1.54, 1.807) is 36.5 Å². The Morgan fingerprint density at radius 3 is 2.74 bits per heavy atom. The standard InChI is InChI=1S/C29H29N5O4S/c1-38-29(37)33-20-8-10-25(39)23(16-20)24-6-3-13-34(24)28(36)26(18-4-2-5-21(35)15-18)32-19-7-9-22-17(14-19)11-12-31-27(22)30/h2,4-5,7-12,14-16,24,26,32,35,39H,3,6,13H2,1H3,(H2,30,31)(H,33,37)/t24-,26-/m1/s1. The summed E-state index contributed by atoms with van der Waals surface area (Å²) in [7, 11) is 1.30. The van der Waals surface area contributed by atoms with Crippen molar-refractivity contribution in [1.29, 1.82) is 0 Å². The molecular formula is C29H29N5O4S. The highest BCUT2D eigenvalue weighted by atomic mass is 32.1. The molecule has 2 heterocycles. The van der Waals surface area contributed by atoms with Gasteiger partial charge in [0.1, 0.15) is 17.6 Å². The summed E-state index contributed by atoms with van der Waals surface area (Å²) in [5, 5.41) is 18.0. The van der Waals surface area contributed by atoms with Crippen molar-refractivity contribution in [2.45, 2.75) is 29.8 Å². The van der Waals surface area contributed by atoms with Crippen molar-refractivity contribution in [3.8, 4) is 5.75 Å². The van der Waals surface area contributed by atoms with Crippen LogP contribution in [0.15, 0.2) is 77.8 Å². The third-order valence-corrected chi connectivity index (χ3v) is 7.32. The number of methoxy groups -OCH3 is 1. The van der Waals surface area contributed by atoms with Gasteiger partial charge in [-0.3, -0.25) is 10.1 Å². The first-order valence-electron chi connectivity index (χ1n) is 12.5. The van der Waals surface area contributed by atoms with Gasteiger partial charge in [-0.15, -0.1) is 12.6 Å². The van der Waals surface area contributed by atoms with E-state index in [0.717, 1.165) is 39.8 Å². The third kappa shape index (κ3) is 5.56. The zero-order valence-electron chi connectivity index (χ0n) is 21.3. The van der Waals surface area contributed by atoms with E-state index in [0.29, 0.717) is 23.6 Å². The monoisotopic (exact) mass is 543 g/mol. The van der Waals surface area contributed by atoms with Crippen molar-refractivity contribution < 1.29 is 19.4 Å². The highest BCUT2D eigenvalue weighted by Gasteiger charge is 2.36. The number of anilines is 3. The van der Waals surface area contributed by atoms with Crippen LogP contribution in [-0.2, 0) is 9.53 Å². The van der Waals surface area contributed by atoms with Crippen molar-refractivity contribution in [1.82, 2.24) is 9.88 Å². The van der Waals surface area contributed by atoms with Gasteiger partial charge in [0.25, 0.3) is 0 Å². The summed E-state index contributed by atoms with van der Waals surface area (Å²) in [4.78, 5) is 32.7. The summed E-state index contributed by atoms with van der Waals surface area (Å²) in [5.41, 5.74) is 8.77. The highest BCUT2D eigenvalue weighted by molar-refractivity contribution is 7.80. The van der Waals surface area contributed by atoms with Crippen LogP contribution in [0.25, 0.3) is 10.8 Å². The summed E-state index contributed by atoms with van der Waals surface area (Å²) in [6.45, 7) is 0.558. The number of rotatable bonds is 6. The number of likely N-dealkylation sites (tertiary alicyclic amines) is 1. The van der Waals surface area contributed by atoms with Crippen LogP contribution in [0, 0.1) is 0 Å². The molecule has 39 heavy (non-hydrogen) atoms. The van der Waals surface area contributed by atoms with E-state index in [1.165, 1.54) is 7.11 Å². The quantitative estimate of drug-likeness (QED) is 0.203. The number of benzene rings is 3. The Bertz CT molecular complexity index is 1550. The van der Waals surface area contributed by atoms with E-state index >= 15 is 0 Å². The molecule has 1 aromatic heterocycles. The fourth-order valence-corrected chi connectivity index (χ4v) is 5.33. The zero-order chi connectivity index (χ0) is 27.5. The molecule has 0 spiro atoms. The zero-order valence-corrected chi connectivity index (χ0v) is 22.2. The maximum Gasteiger partial charge on any atom is 0.411 e. The number of nitrogens with zero attached hydrogens (tertiary/aromatic N) is 2. The summed E-state index contributed by atoms with van der Waals surface area (Å²) < 4.78 is 4.72. The molecule has 200 valence electrons. The lowest BCUT2D eigenvalue weighted by Gasteiger charge is -2.31. The van der Waals surface area contributed by atoms with Crippen molar-refractivity contribution in [3.05, 3.63) is 84.1 Å². The molecule has 9 nitrogen and oxygen atoms in total. The Balaban J connectivity index is 1.49. The molecule has 1 aliphatic heterocycles. The normalized spacial score (nSPS) is 15.6. The molecule has 0 bridgehead atoms. The molecule has 1 fully saturated rings. The number of phenolic OH excluding ortho intramolecular Hbond substituents is 1. The molecule has 2 amide bonds. The Morgan fingerprint density at radius 1 is 1.13 bits per heavy atom. The average molecular weight is 544 g/mol. The van der Waals surface area contributed by atoms with Crippen LogP contribution in [0.1, 0.15) is 36.1 Å². The number of nitrogen functional groups attached to an aromatic ring is 1. The minimum atomic E-state index is -0.769. The van der Waals surface area contributed by atoms with E-state index in [2.05, 4.69) is 28.2 Å². The number of fused-ring (bicyclic) bond motifs is 1. The van der Waals surface area contributed by atoms with Gasteiger partial charge < -0.3 is 25.8 Å². The van der Waals surface area contributed by atoms with Crippen LogP contribution in [0.2, 0.25) is 0 Å². The number of amides is 2. The van der Waals surface area contributed by atoms with Gasteiger partial charge in [-0.1, -0.05) is 12.1 Å². The lowest BCUT2D eigenvalue weighted by atomic mass is 10.0. The second-order valence-electron chi connectivity index (χ2n) is 9.38. The number of carbonyl (C=O) groups is 2. The average Bonchev–Trinajstić information content (AvgIpc) is 3.42. The molecule has 0 aliphatic carbocycles. The van der Waals surface area contributed by atoms with Crippen molar-refractivity contribution in [2.24, 2.45) is 0 Å². The maximum atomic E-state index is 14.2. The van der Waals surface area contributed by atoms with Gasteiger partial charge in [0.15, 0.2) is 0 Å². The van der Waals surface area contributed by atoms with E-state index in [9.17, 15) is 14.7 Å². The van der Waals surface area contributed by atoms with Gasteiger partial charge in [-0.25, -0.2) is 9.78 Å². The van der Waals surface area contributed by atoms with E-state index in [1.807, 2.05) is 41.3 Å². The summed E-state index contributed by atoms with van der Waals surface area (Å²) in [5.74, 6) is 0.365. The molecule has 0 unspecified atom stereocenters. The number of aromatic nitrogens is 1. The SMILES string of the molecule is COC(=O)Nc1ccc(S)c([C@H]2CCCN2C(=O)[C@H](Nc2ccc3c(N)nccc3c2)c2cccc(O)c2)c1. The smallest absolute Gasteiger partial charge is 0.411 e. The van der Waals surface area contributed by atoms with Gasteiger partial charge in [0, 0.05) is 34.4 Å². The number of nitrogens with two attached hydrogens (primary N) is 1. The van der Waals surface area contributed by atoms with Crippen molar-refractivity contribution >= 4 is 52.6 Å². The summed E-state index contributed by atoms with van der Waals surface area (Å²) in [6, 6.07) is 18.6. The van der Waals surface area contributed by atoms with Gasteiger partial charge in [0.2, 0.25) is 5.91 Å². The number of phenols is 1. The summed E-state index contributed by atoms with van der Waals surface area (Å²) in [6.07, 6.45) is 2.63. The largest absolute Gasteiger partial charge is 0.508 e. The molecule has 1 aliphatic rings. The van der Waals surface area contributed by atoms with Crippen LogP contribution < -0.4 is 16.4 Å². The minimum Gasteiger partial charge on any atom is -0.508 e. The van der Waals surface area contributed by atoms with Crippen molar-refractivity contribution in [3.63, 3.8) is 0 Å². The van der Waals surface area contributed by atoms with Gasteiger partial charge >= 0.3 is 6.09 Å². The second kappa shape index (κ2) is 11.1. The van der Waals surface area contributed by atoms with Crippen LogP contribution in [0.3, 0.4) is 0 Å². The van der Waals surface area contributed by atoms with Crippen molar-refractivity contribution in [2.75, 3.05) is 30.0 Å². The van der Waals surface area contributed by atoms with Crippen LogP contribution in [0.4, 0.5) is 22.0 Å². The van der Waals surface area contributed by atoms with Gasteiger partial charge in [-0.05, 0) is 84.0 Å². The van der Waals surface area contributed by atoms with E-state index in [4.69, 9.17) is 10.5 Å². The first kappa shape index (κ1) is 26.2. The molecule has 5 rings (SSSR count). The molecule has 0 saturated carbocycles. The number of nitrogens with one attached hydrogen (secondary N) is 2. The Kier molecular flexibility index (Phi) is 7.47. The number of pyridine rings is 1. The number of ether oxygens (including phenoxy) is 1. The number of thiol groups is 1. The number of aromatic hydroxyl groups is 1. The Morgan fingerprint density at radius 2 is 1.95 bits per heavy atom. The molecule has 10 heteroatoms. The second-order valence-corrected chi connectivity index (χ2v) is 9.87. The lowest BCUT2D eigenvalue weighted by Crippen LogP contribution is -2.37. The predicted octanol–water partition coefficient (Wildman–Crippen LogP) is 5.51. The van der Waals surface area contributed by atoms with Crippen LogP contribution >= 0.6 is 12.6 Å². The molecule has 0 radical (unpaired) electrons. The maximum absolute atomic E-state index is 14.2. The molecule has 1 saturated heterocycles. The van der Waals surface area contributed by atoms with E-state index in [-0.39, 0.29) is 17.7 Å². The van der Waals surface area contributed by atoms with E-state index < -0.39 is 12.1 Å². The van der Waals surface area contributed by atoms with Gasteiger partial charge in [-0.2, -0.15) is 0 Å². The minimum absolute atomic E-state index is 0.0710. The van der Waals surface area contributed by atoms with Gasteiger partial charge in [0.05, 0.1) is 13.2 Å². The number of carbonyl (C=O) groups excluding carboxylic acids is 2. The first-order chi connectivity index (χ1) is 18.8. The lowest BCUT2D eigenvalue weighted by molar-refractivity contribution is -0.133. The number of hydrogen-bond acceptors (Lipinski definition) is 8. The molecule has 4 aromatic rings. The fraction of sp³-hybridized carbons (Fsp3) is 0.207. The topological polar surface area (TPSA) is 130 Å². The molecule has 3 aromatic carbocycles. The first-order valence-corrected chi connectivity index (χ1v) is 13.0. The van der Waals surface area contributed by atoms with Crippen LogP contribution in [-0.4, -0.2) is 40.6 Å². The number of hydrogen-bond donors (Lipinski definition) is 5. The van der Waals surface area contributed by atoms with Crippen LogP contribution in [0.5, 0.6) is 5.75 Å². The molecule has 2 atom stereocenters. The molecular weight excluding hydrogens is 514 g/mol. The summed E-state index contributed by atoms with van der Waals surface area (Å²) >= 11 is 4.65. The molecule has 5 N–H and O–H groups in total. The fourth-order valence-electron chi connectivity index (χ4n) is 5.04. The predicted molar refractivity (Wildman–Crippen MR) is 154 cm³/mol. The highest BCUT2D eigenvalue weighted by Crippen LogP contribution is 2.39. The Labute approximate surface area is 231 Å².